The maximum absolute atomic E-state index is 12.2. The largest absolute Gasteiger partial charge is 0.508 e. The highest BCUT2D eigenvalue weighted by Crippen LogP contribution is 2.16. The lowest BCUT2D eigenvalue weighted by Gasteiger charge is -2.29. The van der Waals surface area contributed by atoms with E-state index in [1.54, 1.807) is 12.1 Å². The van der Waals surface area contributed by atoms with Crippen molar-refractivity contribution in [2.75, 3.05) is 26.3 Å². The number of urea groups is 1. The van der Waals surface area contributed by atoms with Gasteiger partial charge >= 0.3 is 6.03 Å². The van der Waals surface area contributed by atoms with Crippen molar-refractivity contribution in [3.05, 3.63) is 29.8 Å². The molecule has 1 aromatic rings. The number of phenolic OH excluding ortho intramolecular Hbond substituents is 1. The van der Waals surface area contributed by atoms with Gasteiger partial charge in [-0.2, -0.15) is 0 Å². The molecule has 0 saturated carbocycles. The van der Waals surface area contributed by atoms with E-state index >= 15 is 0 Å². The molecule has 5 heteroatoms. The van der Waals surface area contributed by atoms with Crippen LogP contribution in [0.4, 0.5) is 4.79 Å². The van der Waals surface area contributed by atoms with E-state index in [1.807, 2.05) is 24.0 Å². The molecule has 0 aliphatic carbocycles. The molecular formula is C16H24N2O3. The van der Waals surface area contributed by atoms with Crippen molar-refractivity contribution in [3.63, 3.8) is 0 Å². The van der Waals surface area contributed by atoms with Crippen molar-refractivity contribution in [2.24, 2.45) is 5.92 Å². The van der Waals surface area contributed by atoms with Crippen molar-refractivity contribution in [3.8, 4) is 5.75 Å². The van der Waals surface area contributed by atoms with Gasteiger partial charge in [0.25, 0.3) is 0 Å². The van der Waals surface area contributed by atoms with Crippen molar-refractivity contribution in [1.82, 2.24) is 10.2 Å². The molecule has 5 nitrogen and oxygen atoms in total. The van der Waals surface area contributed by atoms with Crippen LogP contribution in [0.1, 0.15) is 25.3 Å². The van der Waals surface area contributed by atoms with Crippen molar-refractivity contribution >= 4 is 6.03 Å². The third-order valence-electron chi connectivity index (χ3n) is 3.87. The standard InChI is InChI=1S/C16H24N2O3/c1-2-18(12-14-7-9-21-10-8-14)16(20)17-11-13-3-5-15(19)6-4-13/h3-6,14,19H,2,7-12H2,1H3,(H,17,20). The van der Waals surface area contributed by atoms with Crippen LogP contribution in [0.5, 0.6) is 5.75 Å². The van der Waals surface area contributed by atoms with Gasteiger partial charge in [-0.3, -0.25) is 0 Å². The number of phenols is 1. The Bertz CT molecular complexity index is 441. The minimum atomic E-state index is -0.0305. The second-order valence-electron chi connectivity index (χ2n) is 5.42. The normalized spacial score (nSPS) is 15.7. The van der Waals surface area contributed by atoms with Crippen LogP contribution in [0.3, 0.4) is 0 Å². The molecule has 0 atom stereocenters. The van der Waals surface area contributed by atoms with Gasteiger partial charge in [0.15, 0.2) is 0 Å². The number of nitrogens with one attached hydrogen (secondary N) is 1. The fourth-order valence-electron chi connectivity index (χ4n) is 2.50. The summed E-state index contributed by atoms with van der Waals surface area (Å²) in [6.07, 6.45) is 2.06. The first-order valence-electron chi connectivity index (χ1n) is 7.57. The van der Waals surface area contributed by atoms with E-state index in [9.17, 15) is 9.90 Å². The number of hydrogen-bond donors (Lipinski definition) is 2. The summed E-state index contributed by atoms with van der Waals surface area (Å²) in [7, 11) is 0. The highest BCUT2D eigenvalue weighted by Gasteiger charge is 2.19. The summed E-state index contributed by atoms with van der Waals surface area (Å²) >= 11 is 0. The van der Waals surface area contributed by atoms with E-state index in [4.69, 9.17) is 4.74 Å². The lowest BCUT2D eigenvalue weighted by Crippen LogP contribution is -2.43. The van der Waals surface area contributed by atoms with Gasteiger partial charge in [0, 0.05) is 32.8 Å². The first kappa shape index (κ1) is 15.6. The highest BCUT2D eigenvalue weighted by molar-refractivity contribution is 5.74. The number of nitrogens with zero attached hydrogens (tertiary/aromatic N) is 1. The summed E-state index contributed by atoms with van der Waals surface area (Å²) < 4.78 is 5.35. The number of carbonyl (C=O) groups is 1. The monoisotopic (exact) mass is 292 g/mol. The number of amides is 2. The Kier molecular flexibility index (Phi) is 5.87. The second kappa shape index (κ2) is 7.88. The van der Waals surface area contributed by atoms with Crippen LogP contribution in [0, 0.1) is 5.92 Å². The van der Waals surface area contributed by atoms with Gasteiger partial charge < -0.3 is 20.1 Å². The lowest BCUT2D eigenvalue weighted by atomic mass is 10.00. The minimum absolute atomic E-state index is 0.0305. The molecular weight excluding hydrogens is 268 g/mol. The van der Waals surface area contributed by atoms with Crippen molar-refractivity contribution in [2.45, 2.75) is 26.3 Å². The van der Waals surface area contributed by atoms with Crippen LogP contribution in [0.15, 0.2) is 24.3 Å². The molecule has 1 fully saturated rings. The Morgan fingerprint density at radius 3 is 2.62 bits per heavy atom. The summed E-state index contributed by atoms with van der Waals surface area (Å²) in [5.41, 5.74) is 0.975. The van der Waals surface area contributed by atoms with Gasteiger partial charge in [0.2, 0.25) is 0 Å². The Morgan fingerprint density at radius 2 is 2.00 bits per heavy atom. The van der Waals surface area contributed by atoms with Crippen molar-refractivity contribution in [1.29, 1.82) is 0 Å². The molecule has 1 aromatic carbocycles. The maximum Gasteiger partial charge on any atom is 0.317 e. The molecule has 21 heavy (non-hydrogen) atoms. The van der Waals surface area contributed by atoms with E-state index in [0.717, 1.165) is 38.2 Å². The SMILES string of the molecule is CCN(CC1CCOCC1)C(=O)NCc1ccc(O)cc1. The van der Waals surface area contributed by atoms with Gasteiger partial charge in [-0.15, -0.1) is 0 Å². The average molecular weight is 292 g/mol. The number of carbonyl (C=O) groups excluding carboxylic acids is 1. The fourth-order valence-corrected chi connectivity index (χ4v) is 2.50. The summed E-state index contributed by atoms with van der Waals surface area (Å²) in [5, 5.41) is 12.2. The number of ether oxygens (including phenoxy) is 1. The van der Waals surface area contributed by atoms with Crippen LogP contribution < -0.4 is 5.32 Å². The quantitative estimate of drug-likeness (QED) is 0.875. The number of hydrogen-bond acceptors (Lipinski definition) is 3. The molecule has 0 aromatic heterocycles. The number of aromatic hydroxyl groups is 1. The molecule has 1 aliphatic heterocycles. The molecule has 1 heterocycles. The van der Waals surface area contributed by atoms with E-state index in [1.165, 1.54) is 0 Å². The van der Waals surface area contributed by atoms with E-state index in [0.29, 0.717) is 19.0 Å². The fraction of sp³-hybridized carbons (Fsp3) is 0.562. The minimum Gasteiger partial charge on any atom is -0.508 e. The van der Waals surface area contributed by atoms with Crippen LogP contribution >= 0.6 is 0 Å². The molecule has 0 bridgehead atoms. The first-order valence-corrected chi connectivity index (χ1v) is 7.57. The molecule has 2 rings (SSSR count). The summed E-state index contributed by atoms with van der Waals surface area (Å²) in [5.74, 6) is 0.776. The van der Waals surface area contributed by atoms with E-state index in [2.05, 4.69) is 5.32 Å². The second-order valence-corrected chi connectivity index (χ2v) is 5.42. The Morgan fingerprint density at radius 1 is 1.33 bits per heavy atom. The molecule has 116 valence electrons. The zero-order valence-corrected chi connectivity index (χ0v) is 12.5. The molecule has 1 aliphatic rings. The van der Waals surface area contributed by atoms with Gasteiger partial charge in [0.1, 0.15) is 5.75 Å². The number of rotatable bonds is 5. The summed E-state index contributed by atoms with van der Waals surface area (Å²) in [6, 6.07) is 6.84. The molecule has 0 spiro atoms. The van der Waals surface area contributed by atoms with Crippen LogP contribution in [-0.4, -0.2) is 42.3 Å². The van der Waals surface area contributed by atoms with Crippen LogP contribution in [0.2, 0.25) is 0 Å². The highest BCUT2D eigenvalue weighted by atomic mass is 16.5. The maximum atomic E-state index is 12.2. The molecule has 0 unspecified atom stereocenters. The van der Waals surface area contributed by atoms with Crippen LogP contribution in [0.25, 0.3) is 0 Å². The smallest absolute Gasteiger partial charge is 0.317 e. The summed E-state index contributed by atoms with van der Waals surface area (Å²) in [4.78, 5) is 14.1. The van der Waals surface area contributed by atoms with Crippen molar-refractivity contribution < 1.29 is 14.6 Å². The lowest BCUT2D eigenvalue weighted by molar-refractivity contribution is 0.0568. The van der Waals surface area contributed by atoms with E-state index < -0.39 is 0 Å². The van der Waals surface area contributed by atoms with Gasteiger partial charge in [-0.1, -0.05) is 12.1 Å². The Hall–Kier alpha value is -1.75. The summed E-state index contributed by atoms with van der Waals surface area (Å²) in [6.45, 7) is 5.58. The Balaban J connectivity index is 1.80. The Labute approximate surface area is 125 Å². The van der Waals surface area contributed by atoms with E-state index in [-0.39, 0.29) is 11.8 Å². The molecule has 2 N–H and O–H groups in total. The molecule has 0 radical (unpaired) electrons. The predicted molar refractivity (Wildman–Crippen MR) is 81.1 cm³/mol. The topological polar surface area (TPSA) is 61.8 Å². The third-order valence-corrected chi connectivity index (χ3v) is 3.87. The predicted octanol–water partition coefficient (Wildman–Crippen LogP) is 2.35. The van der Waals surface area contributed by atoms with Crippen LogP contribution in [-0.2, 0) is 11.3 Å². The third kappa shape index (κ3) is 4.93. The zero-order chi connectivity index (χ0) is 15.1. The van der Waals surface area contributed by atoms with Gasteiger partial charge in [-0.05, 0) is 43.4 Å². The van der Waals surface area contributed by atoms with Gasteiger partial charge in [0.05, 0.1) is 0 Å². The van der Waals surface area contributed by atoms with Gasteiger partial charge in [-0.25, -0.2) is 4.79 Å². The number of benzene rings is 1. The first-order chi connectivity index (χ1) is 10.2. The average Bonchev–Trinajstić information content (AvgIpc) is 2.52. The molecule has 2 amide bonds. The zero-order valence-electron chi connectivity index (χ0n) is 12.5. The molecule has 1 saturated heterocycles.